The zero-order chi connectivity index (χ0) is 13.0. The zero-order valence-electron chi connectivity index (χ0n) is 11.1. The number of aliphatic hydroxyl groups is 1. The van der Waals surface area contributed by atoms with Crippen LogP contribution in [0.15, 0.2) is 28.7 Å². The molecule has 18 heavy (non-hydrogen) atoms. The number of para-hydroxylation sites is 1. The molecule has 0 bridgehead atoms. The summed E-state index contributed by atoms with van der Waals surface area (Å²) in [5.74, 6) is 1.06. The average Bonchev–Trinajstić information content (AvgIpc) is 2.72. The van der Waals surface area contributed by atoms with Gasteiger partial charge in [0, 0.05) is 23.9 Å². The predicted octanol–water partition coefficient (Wildman–Crippen LogP) is 2.86. The molecule has 2 aromatic rings. The number of rotatable bonds is 6. The molecular weight excluding hydrogens is 226 g/mol. The van der Waals surface area contributed by atoms with Crippen LogP contribution in [0.1, 0.15) is 31.6 Å². The van der Waals surface area contributed by atoms with Crippen molar-refractivity contribution in [2.24, 2.45) is 0 Å². The molecule has 1 heterocycles. The van der Waals surface area contributed by atoms with Crippen molar-refractivity contribution >= 4 is 11.0 Å². The van der Waals surface area contributed by atoms with Crippen molar-refractivity contribution in [3.8, 4) is 0 Å². The standard InChI is InChI=1S/C15H21NO2/c1-3-14-13(10-16-9-8-11(2)17)12-6-4-5-7-15(12)18-14/h4-7,11,16-17H,3,8-10H2,1-2H3. The molecule has 0 saturated carbocycles. The minimum absolute atomic E-state index is 0.246. The van der Waals surface area contributed by atoms with Gasteiger partial charge in [0.15, 0.2) is 0 Å². The Morgan fingerprint density at radius 2 is 2.11 bits per heavy atom. The maximum atomic E-state index is 9.22. The van der Waals surface area contributed by atoms with Crippen LogP contribution in [0.5, 0.6) is 0 Å². The van der Waals surface area contributed by atoms with Crippen LogP contribution in [0.2, 0.25) is 0 Å². The number of benzene rings is 1. The van der Waals surface area contributed by atoms with Crippen molar-refractivity contribution in [3.63, 3.8) is 0 Å². The van der Waals surface area contributed by atoms with Crippen molar-refractivity contribution in [2.45, 2.75) is 39.3 Å². The highest BCUT2D eigenvalue weighted by molar-refractivity contribution is 5.82. The summed E-state index contributed by atoms with van der Waals surface area (Å²) in [6, 6.07) is 8.14. The third kappa shape index (κ3) is 2.92. The van der Waals surface area contributed by atoms with Gasteiger partial charge in [-0.05, 0) is 26.0 Å². The Hall–Kier alpha value is -1.32. The van der Waals surface area contributed by atoms with E-state index in [2.05, 4.69) is 18.3 Å². The predicted molar refractivity (Wildman–Crippen MR) is 73.6 cm³/mol. The first-order valence-electron chi connectivity index (χ1n) is 6.60. The highest BCUT2D eigenvalue weighted by Crippen LogP contribution is 2.26. The molecular formula is C15H21NO2. The first-order chi connectivity index (χ1) is 8.72. The third-order valence-electron chi connectivity index (χ3n) is 3.14. The summed E-state index contributed by atoms with van der Waals surface area (Å²) in [5.41, 5.74) is 2.21. The van der Waals surface area contributed by atoms with Crippen molar-refractivity contribution < 1.29 is 9.52 Å². The second-order valence-corrected chi connectivity index (χ2v) is 4.67. The van der Waals surface area contributed by atoms with Gasteiger partial charge in [-0.3, -0.25) is 0 Å². The van der Waals surface area contributed by atoms with E-state index in [-0.39, 0.29) is 6.10 Å². The monoisotopic (exact) mass is 247 g/mol. The smallest absolute Gasteiger partial charge is 0.134 e. The first kappa shape index (κ1) is 13.1. The molecule has 0 aliphatic carbocycles. The highest BCUT2D eigenvalue weighted by Gasteiger charge is 2.11. The summed E-state index contributed by atoms with van der Waals surface area (Å²) in [4.78, 5) is 0. The lowest BCUT2D eigenvalue weighted by molar-refractivity contribution is 0.183. The molecule has 0 radical (unpaired) electrons. The Labute approximate surface area is 108 Å². The van der Waals surface area contributed by atoms with Gasteiger partial charge in [0.1, 0.15) is 11.3 Å². The van der Waals surface area contributed by atoms with E-state index in [9.17, 15) is 5.11 Å². The molecule has 0 saturated heterocycles. The van der Waals surface area contributed by atoms with Gasteiger partial charge in [0.05, 0.1) is 6.10 Å². The SMILES string of the molecule is CCc1oc2ccccc2c1CNCCC(C)O. The molecule has 2 N–H and O–H groups in total. The van der Waals surface area contributed by atoms with Crippen LogP contribution in [-0.2, 0) is 13.0 Å². The first-order valence-corrected chi connectivity index (χ1v) is 6.60. The fraction of sp³-hybridized carbons (Fsp3) is 0.467. The Kier molecular flexibility index (Phi) is 4.39. The average molecular weight is 247 g/mol. The van der Waals surface area contributed by atoms with Crippen molar-refractivity contribution in [1.29, 1.82) is 0 Å². The molecule has 1 aromatic carbocycles. The minimum atomic E-state index is -0.246. The molecule has 98 valence electrons. The van der Waals surface area contributed by atoms with Gasteiger partial charge in [-0.2, -0.15) is 0 Å². The van der Waals surface area contributed by atoms with Crippen molar-refractivity contribution in [1.82, 2.24) is 5.32 Å². The van der Waals surface area contributed by atoms with E-state index in [0.717, 1.165) is 37.3 Å². The molecule has 3 nitrogen and oxygen atoms in total. The zero-order valence-corrected chi connectivity index (χ0v) is 11.1. The van der Waals surface area contributed by atoms with Crippen molar-refractivity contribution in [2.75, 3.05) is 6.54 Å². The van der Waals surface area contributed by atoms with Gasteiger partial charge in [0.25, 0.3) is 0 Å². The molecule has 0 aliphatic rings. The Morgan fingerprint density at radius 3 is 2.83 bits per heavy atom. The number of furan rings is 1. The topological polar surface area (TPSA) is 45.4 Å². The number of fused-ring (bicyclic) bond motifs is 1. The Bertz CT molecular complexity index is 502. The Balaban J connectivity index is 2.10. The highest BCUT2D eigenvalue weighted by atomic mass is 16.3. The quantitative estimate of drug-likeness (QED) is 0.772. The summed E-state index contributed by atoms with van der Waals surface area (Å²) < 4.78 is 5.84. The van der Waals surface area contributed by atoms with Gasteiger partial charge < -0.3 is 14.8 Å². The second-order valence-electron chi connectivity index (χ2n) is 4.67. The van der Waals surface area contributed by atoms with E-state index in [4.69, 9.17) is 4.42 Å². The van der Waals surface area contributed by atoms with E-state index in [1.54, 1.807) is 0 Å². The maximum absolute atomic E-state index is 9.22. The maximum Gasteiger partial charge on any atom is 0.134 e. The van der Waals surface area contributed by atoms with E-state index in [1.807, 2.05) is 25.1 Å². The van der Waals surface area contributed by atoms with Crippen LogP contribution >= 0.6 is 0 Å². The van der Waals surface area contributed by atoms with Crippen LogP contribution < -0.4 is 5.32 Å². The number of nitrogens with one attached hydrogen (secondary N) is 1. The van der Waals surface area contributed by atoms with Crippen LogP contribution in [0.3, 0.4) is 0 Å². The molecule has 0 fully saturated rings. The van der Waals surface area contributed by atoms with Crippen LogP contribution in [-0.4, -0.2) is 17.8 Å². The van der Waals surface area contributed by atoms with Crippen LogP contribution in [0.25, 0.3) is 11.0 Å². The third-order valence-corrected chi connectivity index (χ3v) is 3.14. The summed E-state index contributed by atoms with van der Waals surface area (Å²) in [5, 5.41) is 13.8. The van der Waals surface area contributed by atoms with E-state index in [0.29, 0.717) is 0 Å². The Morgan fingerprint density at radius 1 is 1.33 bits per heavy atom. The lowest BCUT2D eigenvalue weighted by atomic mass is 10.1. The lowest BCUT2D eigenvalue weighted by Gasteiger charge is -2.06. The number of hydrogen-bond donors (Lipinski definition) is 2. The normalized spacial score (nSPS) is 13.1. The van der Waals surface area contributed by atoms with Gasteiger partial charge in [-0.15, -0.1) is 0 Å². The molecule has 2 rings (SSSR count). The molecule has 3 heteroatoms. The van der Waals surface area contributed by atoms with E-state index >= 15 is 0 Å². The molecule has 0 amide bonds. The van der Waals surface area contributed by atoms with Gasteiger partial charge in [-0.25, -0.2) is 0 Å². The van der Waals surface area contributed by atoms with Crippen LogP contribution in [0.4, 0.5) is 0 Å². The van der Waals surface area contributed by atoms with Crippen molar-refractivity contribution in [3.05, 3.63) is 35.6 Å². The second kappa shape index (κ2) is 6.03. The largest absolute Gasteiger partial charge is 0.461 e. The molecule has 1 atom stereocenters. The summed E-state index contributed by atoms with van der Waals surface area (Å²) in [6.07, 6.45) is 1.43. The number of hydrogen-bond acceptors (Lipinski definition) is 3. The molecule has 1 aromatic heterocycles. The number of aryl methyl sites for hydroxylation is 1. The van der Waals surface area contributed by atoms with Crippen LogP contribution in [0, 0.1) is 0 Å². The van der Waals surface area contributed by atoms with Gasteiger partial charge in [-0.1, -0.05) is 25.1 Å². The lowest BCUT2D eigenvalue weighted by Crippen LogP contribution is -2.19. The fourth-order valence-corrected chi connectivity index (χ4v) is 2.15. The summed E-state index contributed by atoms with van der Waals surface area (Å²) >= 11 is 0. The number of aliphatic hydroxyl groups excluding tert-OH is 1. The van der Waals surface area contributed by atoms with E-state index in [1.165, 1.54) is 10.9 Å². The molecule has 0 spiro atoms. The summed E-state index contributed by atoms with van der Waals surface area (Å²) in [6.45, 7) is 5.54. The van der Waals surface area contributed by atoms with Gasteiger partial charge >= 0.3 is 0 Å². The summed E-state index contributed by atoms with van der Waals surface area (Å²) in [7, 11) is 0. The minimum Gasteiger partial charge on any atom is -0.461 e. The molecule has 0 aliphatic heterocycles. The van der Waals surface area contributed by atoms with E-state index < -0.39 is 0 Å². The molecule has 1 unspecified atom stereocenters. The fourth-order valence-electron chi connectivity index (χ4n) is 2.15. The van der Waals surface area contributed by atoms with Gasteiger partial charge in [0.2, 0.25) is 0 Å².